The van der Waals surface area contributed by atoms with E-state index in [1.807, 2.05) is 4.90 Å². The number of likely N-dealkylation sites (tertiary alicyclic amines) is 1. The fourth-order valence-corrected chi connectivity index (χ4v) is 2.55. The van der Waals surface area contributed by atoms with Crippen molar-refractivity contribution in [3.63, 3.8) is 0 Å². The standard InChI is InChI=1S/C11H19ClN2O/c1-13(9-4-5-9)10-3-2-6-14(8-10)11(15)7-12/h9-10H,2-8H2,1H3/t10-/m0/s1. The maximum absolute atomic E-state index is 11.5. The fourth-order valence-electron chi connectivity index (χ4n) is 2.38. The molecule has 2 rings (SSSR count). The van der Waals surface area contributed by atoms with Gasteiger partial charge >= 0.3 is 0 Å². The Bertz CT molecular complexity index is 243. The van der Waals surface area contributed by atoms with Crippen LogP contribution in [0.15, 0.2) is 0 Å². The highest BCUT2D eigenvalue weighted by molar-refractivity contribution is 6.27. The maximum Gasteiger partial charge on any atom is 0.237 e. The molecule has 0 bridgehead atoms. The Balaban J connectivity index is 1.88. The molecular formula is C11H19ClN2O. The smallest absolute Gasteiger partial charge is 0.237 e. The van der Waals surface area contributed by atoms with Crippen molar-refractivity contribution in [1.82, 2.24) is 9.80 Å². The van der Waals surface area contributed by atoms with E-state index in [9.17, 15) is 4.79 Å². The second kappa shape index (κ2) is 4.71. The van der Waals surface area contributed by atoms with Crippen molar-refractivity contribution in [3.8, 4) is 0 Å². The number of nitrogens with zero attached hydrogens (tertiary/aromatic N) is 2. The molecule has 0 spiro atoms. The van der Waals surface area contributed by atoms with Crippen LogP contribution in [0.5, 0.6) is 0 Å². The van der Waals surface area contributed by atoms with Crippen LogP contribution in [0.25, 0.3) is 0 Å². The lowest BCUT2D eigenvalue weighted by atomic mass is 10.0. The predicted octanol–water partition coefficient (Wildman–Crippen LogP) is 1.31. The van der Waals surface area contributed by atoms with Gasteiger partial charge < -0.3 is 4.90 Å². The van der Waals surface area contributed by atoms with E-state index in [0.717, 1.165) is 25.6 Å². The Morgan fingerprint density at radius 2 is 2.13 bits per heavy atom. The zero-order valence-electron chi connectivity index (χ0n) is 9.29. The molecule has 0 N–H and O–H groups in total. The highest BCUT2D eigenvalue weighted by atomic mass is 35.5. The summed E-state index contributed by atoms with van der Waals surface area (Å²) in [6.45, 7) is 1.76. The topological polar surface area (TPSA) is 23.6 Å². The van der Waals surface area contributed by atoms with Crippen LogP contribution in [-0.2, 0) is 4.79 Å². The van der Waals surface area contributed by atoms with Gasteiger partial charge in [-0.25, -0.2) is 0 Å². The molecule has 0 aromatic rings. The van der Waals surface area contributed by atoms with E-state index in [-0.39, 0.29) is 11.8 Å². The van der Waals surface area contributed by atoms with Crippen LogP contribution in [0.2, 0.25) is 0 Å². The van der Waals surface area contributed by atoms with Gasteiger partial charge in [0, 0.05) is 25.2 Å². The maximum atomic E-state index is 11.5. The van der Waals surface area contributed by atoms with Gasteiger partial charge in [-0.1, -0.05) is 0 Å². The summed E-state index contributed by atoms with van der Waals surface area (Å²) in [5.74, 6) is 0.213. The van der Waals surface area contributed by atoms with Crippen LogP contribution in [0.4, 0.5) is 0 Å². The average Bonchev–Trinajstić information content (AvgIpc) is 3.11. The third kappa shape index (κ3) is 2.64. The molecule has 1 saturated heterocycles. The molecule has 4 heteroatoms. The summed E-state index contributed by atoms with van der Waals surface area (Å²) in [4.78, 5) is 15.9. The zero-order chi connectivity index (χ0) is 10.8. The van der Waals surface area contributed by atoms with Gasteiger partial charge in [0.25, 0.3) is 0 Å². The van der Waals surface area contributed by atoms with E-state index < -0.39 is 0 Å². The minimum atomic E-state index is 0.0885. The molecule has 1 amide bonds. The molecule has 0 unspecified atom stereocenters. The fraction of sp³-hybridized carbons (Fsp3) is 0.909. The van der Waals surface area contributed by atoms with Gasteiger partial charge in [-0.05, 0) is 32.7 Å². The first-order chi connectivity index (χ1) is 7.22. The minimum absolute atomic E-state index is 0.0885. The van der Waals surface area contributed by atoms with Crippen molar-refractivity contribution in [3.05, 3.63) is 0 Å². The SMILES string of the molecule is CN(C1CC1)[C@H]1CCCN(C(=O)CCl)C1. The van der Waals surface area contributed by atoms with E-state index >= 15 is 0 Å². The summed E-state index contributed by atoms with van der Waals surface area (Å²) in [5.41, 5.74) is 0. The monoisotopic (exact) mass is 230 g/mol. The Hall–Kier alpha value is -0.280. The first-order valence-electron chi connectivity index (χ1n) is 5.78. The number of carbonyl (C=O) groups excluding carboxylic acids is 1. The van der Waals surface area contributed by atoms with Crippen LogP contribution >= 0.6 is 11.6 Å². The highest BCUT2D eigenvalue weighted by Gasteiger charge is 2.33. The van der Waals surface area contributed by atoms with Gasteiger partial charge in [0.1, 0.15) is 5.88 Å². The van der Waals surface area contributed by atoms with E-state index in [4.69, 9.17) is 11.6 Å². The summed E-state index contributed by atoms with van der Waals surface area (Å²) >= 11 is 5.58. The van der Waals surface area contributed by atoms with E-state index in [1.165, 1.54) is 19.3 Å². The third-order valence-corrected chi connectivity index (χ3v) is 3.79. The lowest BCUT2D eigenvalue weighted by Gasteiger charge is -2.37. The van der Waals surface area contributed by atoms with Crippen LogP contribution in [0.3, 0.4) is 0 Å². The zero-order valence-corrected chi connectivity index (χ0v) is 10.0. The van der Waals surface area contributed by atoms with E-state index in [2.05, 4.69) is 11.9 Å². The molecule has 2 fully saturated rings. The number of rotatable bonds is 3. The number of likely N-dealkylation sites (N-methyl/N-ethyl adjacent to an activating group) is 1. The molecule has 1 aliphatic carbocycles. The molecule has 1 aliphatic heterocycles. The number of hydrogen-bond donors (Lipinski definition) is 0. The summed E-state index contributed by atoms with van der Waals surface area (Å²) < 4.78 is 0. The molecule has 15 heavy (non-hydrogen) atoms. The second-order valence-corrected chi connectivity index (χ2v) is 4.93. The molecule has 0 radical (unpaired) electrons. The summed E-state index contributed by atoms with van der Waals surface area (Å²) in [6, 6.07) is 1.33. The van der Waals surface area contributed by atoms with Crippen molar-refractivity contribution < 1.29 is 4.79 Å². The molecule has 1 saturated carbocycles. The van der Waals surface area contributed by atoms with Crippen molar-refractivity contribution >= 4 is 17.5 Å². The highest BCUT2D eigenvalue weighted by Crippen LogP contribution is 2.29. The van der Waals surface area contributed by atoms with Crippen LogP contribution < -0.4 is 0 Å². The third-order valence-electron chi connectivity index (χ3n) is 3.56. The molecule has 1 atom stereocenters. The first-order valence-corrected chi connectivity index (χ1v) is 6.31. The van der Waals surface area contributed by atoms with Gasteiger partial charge in [0.2, 0.25) is 5.91 Å². The van der Waals surface area contributed by atoms with Crippen molar-refractivity contribution in [2.75, 3.05) is 26.0 Å². The Kier molecular flexibility index (Phi) is 3.52. The number of halogens is 1. The van der Waals surface area contributed by atoms with Crippen molar-refractivity contribution in [1.29, 1.82) is 0 Å². The lowest BCUT2D eigenvalue weighted by Crippen LogP contribution is -2.49. The van der Waals surface area contributed by atoms with Gasteiger partial charge in [-0.3, -0.25) is 9.69 Å². The van der Waals surface area contributed by atoms with E-state index in [1.54, 1.807) is 0 Å². The molecule has 86 valence electrons. The van der Waals surface area contributed by atoms with E-state index in [0.29, 0.717) is 6.04 Å². The number of alkyl halides is 1. The van der Waals surface area contributed by atoms with Gasteiger partial charge in [-0.2, -0.15) is 0 Å². The normalized spacial score (nSPS) is 27.1. The van der Waals surface area contributed by atoms with Crippen LogP contribution in [0, 0.1) is 0 Å². The summed E-state index contributed by atoms with van der Waals surface area (Å²) in [5, 5.41) is 0. The molecule has 0 aromatic carbocycles. The quantitative estimate of drug-likeness (QED) is 0.683. The lowest BCUT2D eigenvalue weighted by molar-refractivity contribution is -0.130. The molecule has 0 aromatic heterocycles. The largest absolute Gasteiger partial charge is 0.340 e. The van der Waals surface area contributed by atoms with Gasteiger partial charge in [-0.15, -0.1) is 11.6 Å². The van der Waals surface area contributed by atoms with Crippen LogP contribution in [0.1, 0.15) is 25.7 Å². The summed E-state index contributed by atoms with van der Waals surface area (Å²) in [7, 11) is 2.19. The van der Waals surface area contributed by atoms with Gasteiger partial charge in [0.05, 0.1) is 0 Å². The van der Waals surface area contributed by atoms with Crippen molar-refractivity contribution in [2.24, 2.45) is 0 Å². The molecule has 2 aliphatic rings. The average molecular weight is 231 g/mol. The number of hydrogen-bond acceptors (Lipinski definition) is 2. The van der Waals surface area contributed by atoms with Gasteiger partial charge in [0.15, 0.2) is 0 Å². The number of amides is 1. The molecule has 3 nitrogen and oxygen atoms in total. The first kappa shape index (κ1) is 11.2. The van der Waals surface area contributed by atoms with Crippen LogP contribution in [-0.4, -0.2) is 53.8 Å². The molecular weight excluding hydrogens is 212 g/mol. The Morgan fingerprint density at radius 3 is 2.73 bits per heavy atom. The Morgan fingerprint density at radius 1 is 1.40 bits per heavy atom. The minimum Gasteiger partial charge on any atom is -0.340 e. The Labute approximate surface area is 96.4 Å². The van der Waals surface area contributed by atoms with Crippen molar-refractivity contribution in [2.45, 2.75) is 37.8 Å². The predicted molar refractivity (Wildman–Crippen MR) is 61.1 cm³/mol. The second-order valence-electron chi connectivity index (χ2n) is 4.67. The molecule has 1 heterocycles. The number of piperidine rings is 1. The number of carbonyl (C=O) groups is 1. The summed E-state index contributed by atoms with van der Waals surface area (Å²) in [6.07, 6.45) is 5.00.